The fourth-order valence-electron chi connectivity index (χ4n) is 3.89. The van der Waals surface area contributed by atoms with Gasteiger partial charge in [-0.3, -0.25) is 14.7 Å². The Morgan fingerprint density at radius 2 is 1.56 bits per heavy atom. The lowest BCUT2D eigenvalue weighted by molar-refractivity contribution is -0.121. The molecule has 3 aromatic carbocycles. The van der Waals surface area contributed by atoms with E-state index in [9.17, 15) is 9.59 Å². The van der Waals surface area contributed by atoms with Gasteiger partial charge in [0.05, 0.1) is 23.4 Å². The highest BCUT2D eigenvalue weighted by Gasteiger charge is 2.32. The smallest absolute Gasteiger partial charge is 0.280 e. The monoisotopic (exact) mass is 424 g/mol. The molecule has 2 N–H and O–H groups in total. The first-order valence-corrected chi connectivity index (χ1v) is 10.2. The predicted molar refractivity (Wildman–Crippen MR) is 122 cm³/mol. The van der Waals surface area contributed by atoms with E-state index in [1.165, 1.54) is 10.9 Å². The number of hydrogen-bond donors (Lipinski definition) is 2. The Bertz CT molecular complexity index is 1340. The summed E-state index contributed by atoms with van der Waals surface area (Å²) in [5.74, 6) is 0.410. The van der Waals surface area contributed by atoms with Crippen molar-refractivity contribution < 1.29 is 9.53 Å². The topological polar surface area (TPSA) is 88.5 Å². The van der Waals surface area contributed by atoms with E-state index < -0.39 is 5.92 Å². The van der Waals surface area contributed by atoms with Crippen molar-refractivity contribution in [2.45, 2.75) is 12.8 Å². The second-order valence-electron chi connectivity index (χ2n) is 7.47. The number of benzene rings is 3. The molecule has 0 saturated carbocycles. The number of aryl methyl sites for hydroxylation is 1. The third-order valence-corrected chi connectivity index (χ3v) is 5.44. The van der Waals surface area contributed by atoms with E-state index in [4.69, 9.17) is 4.74 Å². The number of ether oxygens (including phenoxy) is 1. The van der Waals surface area contributed by atoms with Crippen molar-refractivity contribution in [3.05, 3.63) is 112 Å². The number of rotatable bonds is 4. The number of aromatic nitrogens is 2. The van der Waals surface area contributed by atoms with E-state index in [-0.39, 0.29) is 11.5 Å². The van der Waals surface area contributed by atoms with Gasteiger partial charge in [0.2, 0.25) is 0 Å². The maximum Gasteiger partial charge on any atom is 0.280 e. The summed E-state index contributed by atoms with van der Waals surface area (Å²) in [4.78, 5) is 25.9. The minimum absolute atomic E-state index is 0.242. The molecular formula is C25H20N4O3. The first-order valence-electron chi connectivity index (χ1n) is 10.2. The number of nitrogens with one attached hydrogen (secondary N) is 2. The van der Waals surface area contributed by atoms with E-state index in [1.54, 1.807) is 6.92 Å². The van der Waals surface area contributed by atoms with Gasteiger partial charge in [-0.1, -0.05) is 54.6 Å². The normalized spacial score (nSPS) is 12.8. The van der Waals surface area contributed by atoms with Crippen LogP contribution in [0.3, 0.4) is 0 Å². The fourth-order valence-corrected chi connectivity index (χ4v) is 3.89. The second kappa shape index (κ2) is 8.03. The van der Waals surface area contributed by atoms with E-state index in [0.717, 1.165) is 16.8 Å². The van der Waals surface area contributed by atoms with Gasteiger partial charge in [0, 0.05) is 16.8 Å². The second-order valence-corrected chi connectivity index (χ2v) is 7.47. The largest absolute Gasteiger partial charge is 0.457 e. The molecule has 1 aliphatic heterocycles. The number of carbonyl (C=O) groups excluding carboxylic acids is 1. The van der Waals surface area contributed by atoms with Gasteiger partial charge in [-0.2, -0.15) is 5.10 Å². The van der Waals surface area contributed by atoms with Gasteiger partial charge < -0.3 is 4.74 Å². The van der Waals surface area contributed by atoms with Gasteiger partial charge in [0.15, 0.2) is 0 Å². The summed E-state index contributed by atoms with van der Waals surface area (Å²) < 4.78 is 7.39. The molecular weight excluding hydrogens is 404 g/mol. The van der Waals surface area contributed by atoms with Crippen LogP contribution in [0.5, 0.6) is 11.5 Å². The number of para-hydroxylation sites is 3. The van der Waals surface area contributed by atoms with E-state index >= 15 is 0 Å². The molecule has 0 fully saturated rings. The van der Waals surface area contributed by atoms with Crippen LogP contribution in [0.1, 0.15) is 28.3 Å². The predicted octanol–water partition coefficient (Wildman–Crippen LogP) is 3.86. The molecule has 0 spiro atoms. The summed E-state index contributed by atoms with van der Waals surface area (Å²) in [6.45, 7) is 1.79. The number of nitrogens with zero attached hydrogens (tertiary/aromatic N) is 2. The number of carbonyl (C=O) groups is 1. The zero-order valence-corrected chi connectivity index (χ0v) is 17.3. The molecule has 32 heavy (non-hydrogen) atoms. The minimum atomic E-state index is -0.568. The summed E-state index contributed by atoms with van der Waals surface area (Å²) in [5, 5.41) is 7.13. The number of amides is 1. The lowest BCUT2D eigenvalue weighted by Gasteiger charge is -2.26. The van der Waals surface area contributed by atoms with Crippen molar-refractivity contribution in [3.63, 3.8) is 0 Å². The molecule has 0 bridgehead atoms. The molecule has 158 valence electrons. The molecule has 0 atom stereocenters. The van der Waals surface area contributed by atoms with Crippen LogP contribution in [0.25, 0.3) is 5.69 Å². The Balaban J connectivity index is 1.42. The maximum atomic E-state index is 13.1. The van der Waals surface area contributed by atoms with E-state index in [0.29, 0.717) is 22.8 Å². The lowest BCUT2D eigenvalue weighted by Crippen LogP contribution is -2.28. The summed E-state index contributed by atoms with van der Waals surface area (Å²) in [7, 11) is 0. The van der Waals surface area contributed by atoms with Crippen molar-refractivity contribution in [2.24, 2.45) is 5.10 Å². The molecule has 0 aliphatic carbocycles. The summed E-state index contributed by atoms with van der Waals surface area (Å²) >= 11 is 0. The Kier molecular flexibility index (Phi) is 4.91. The van der Waals surface area contributed by atoms with Gasteiger partial charge in [-0.05, 0) is 31.2 Å². The van der Waals surface area contributed by atoms with Crippen LogP contribution >= 0.6 is 0 Å². The van der Waals surface area contributed by atoms with Crippen LogP contribution in [0.2, 0.25) is 0 Å². The van der Waals surface area contributed by atoms with Gasteiger partial charge >= 0.3 is 0 Å². The molecule has 4 aromatic rings. The van der Waals surface area contributed by atoms with Crippen molar-refractivity contribution in [1.82, 2.24) is 15.2 Å². The zero-order chi connectivity index (χ0) is 22.1. The third-order valence-electron chi connectivity index (χ3n) is 5.44. The molecule has 1 amide bonds. The first kappa shape index (κ1) is 19.6. The van der Waals surface area contributed by atoms with Crippen LogP contribution in [0.4, 0.5) is 0 Å². The molecule has 7 nitrogen and oxygen atoms in total. The van der Waals surface area contributed by atoms with Crippen LogP contribution in [0.15, 0.2) is 88.8 Å². The van der Waals surface area contributed by atoms with Crippen molar-refractivity contribution in [1.29, 1.82) is 0 Å². The Morgan fingerprint density at radius 3 is 2.22 bits per heavy atom. The molecule has 0 radical (unpaired) electrons. The molecule has 7 heteroatoms. The Morgan fingerprint density at radius 1 is 0.969 bits per heavy atom. The summed E-state index contributed by atoms with van der Waals surface area (Å²) in [6.07, 6.45) is 1.38. The van der Waals surface area contributed by atoms with Crippen molar-refractivity contribution >= 4 is 12.1 Å². The lowest BCUT2D eigenvalue weighted by atomic mass is 9.87. The third kappa shape index (κ3) is 3.39. The number of hydrogen-bond acceptors (Lipinski definition) is 4. The molecule has 5 rings (SSSR count). The quantitative estimate of drug-likeness (QED) is 0.385. The summed E-state index contributed by atoms with van der Waals surface area (Å²) in [5.41, 5.74) is 5.64. The fraction of sp³-hybridized carbons (Fsp3) is 0.0800. The molecule has 0 saturated heterocycles. The standard InChI is InChI=1S/C25H20N4O3/c1-16-20(25(31)29(28-16)17-9-3-2-4-10-17)15-26-27-24(30)23-18-11-5-7-13-21(18)32-22-14-8-6-12-19(22)23/h2-15,23,28H,1H3,(H,27,30). The zero-order valence-electron chi connectivity index (χ0n) is 17.3. The van der Waals surface area contributed by atoms with Crippen LogP contribution in [-0.4, -0.2) is 21.9 Å². The van der Waals surface area contributed by atoms with Crippen molar-refractivity contribution in [2.75, 3.05) is 0 Å². The number of aromatic amines is 1. The van der Waals surface area contributed by atoms with Crippen LogP contribution in [-0.2, 0) is 4.79 Å². The summed E-state index contributed by atoms with van der Waals surface area (Å²) in [6, 6.07) is 24.2. The SMILES string of the molecule is Cc1[nH]n(-c2ccccc2)c(=O)c1C=NNC(=O)C1c2ccccc2Oc2ccccc21. The first-order chi connectivity index (χ1) is 15.6. The highest BCUT2D eigenvalue weighted by atomic mass is 16.5. The van der Waals surface area contributed by atoms with Gasteiger partial charge in [0.1, 0.15) is 11.5 Å². The van der Waals surface area contributed by atoms with Gasteiger partial charge in [0.25, 0.3) is 11.5 Å². The minimum Gasteiger partial charge on any atom is -0.457 e. The average molecular weight is 424 g/mol. The van der Waals surface area contributed by atoms with Crippen LogP contribution in [0, 0.1) is 6.92 Å². The molecule has 1 aliphatic rings. The number of H-pyrrole nitrogens is 1. The molecule has 1 aromatic heterocycles. The maximum absolute atomic E-state index is 13.1. The molecule has 0 unspecified atom stereocenters. The molecule has 2 heterocycles. The van der Waals surface area contributed by atoms with Gasteiger partial charge in [-0.25, -0.2) is 10.1 Å². The Labute approximate surface area is 184 Å². The van der Waals surface area contributed by atoms with Gasteiger partial charge in [-0.15, -0.1) is 0 Å². The average Bonchev–Trinajstić information content (AvgIpc) is 3.11. The number of fused-ring (bicyclic) bond motifs is 2. The van der Waals surface area contributed by atoms with Crippen LogP contribution < -0.4 is 15.7 Å². The highest BCUT2D eigenvalue weighted by molar-refractivity contribution is 5.90. The van der Waals surface area contributed by atoms with E-state index in [1.807, 2.05) is 78.9 Å². The van der Waals surface area contributed by atoms with Crippen molar-refractivity contribution in [3.8, 4) is 17.2 Å². The van der Waals surface area contributed by atoms with E-state index in [2.05, 4.69) is 15.6 Å². The highest BCUT2D eigenvalue weighted by Crippen LogP contribution is 2.43. The number of hydrazone groups is 1. The Hall–Kier alpha value is -4.39.